The fraction of sp³-hybridized carbons (Fsp3) is 0.226. The normalized spacial score (nSPS) is 12.0. The first-order valence-electron chi connectivity index (χ1n) is 13.1. The van der Waals surface area contributed by atoms with Crippen LogP contribution >= 0.6 is 0 Å². The molecular weight excluding hydrogens is 524 g/mol. The van der Waals surface area contributed by atoms with Crippen molar-refractivity contribution < 1.29 is 9.08 Å². The van der Waals surface area contributed by atoms with Crippen LogP contribution in [-0.4, -0.2) is 30.5 Å². The van der Waals surface area contributed by atoms with Gasteiger partial charge in [0.05, 0.1) is 12.2 Å². The lowest BCUT2D eigenvalue weighted by molar-refractivity contribution is 0.388. The van der Waals surface area contributed by atoms with E-state index in [2.05, 4.69) is 17.1 Å². The lowest BCUT2D eigenvalue weighted by atomic mass is 9.96. The summed E-state index contributed by atoms with van der Waals surface area (Å²) in [6.45, 7) is 4.35. The molecule has 2 heterocycles. The second-order valence-corrected chi connectivity index (χ2v) is 11.1. The Morgan fingerprint density at radius 2 is 1.62 bits per heavy atom. The van der Waals surface area contributed by atoms with Gasteiger partial charge in [0.2, 0.25) is 0 Å². The van der Waals surface area contributed by atoms with Gasteiger partial charge >= 0.3 is 5.76 Å². The number of nitrogens with zero attached hydrogens (tertiary/aromatic N) is 3. The highest BCUT2D eigenvalue weighted by atomic mass is 32.2. The zero-order valence-electron chi connectivity index (χ0n) is 22.6. The molecule has 0 fully saturated rings. The van der Waals surface area contributed by atoms with Crippen LogP contribution in [0.5, 0.6) is 0 Å². The van der Waals surface area contributed by atoms with Gasteiger partial charge in [0.25, 0.3) is 5.56 Å². The second-order valence-electron chi connectivity index (χ2n) is 9.69. The number of aromatic amines is 1. The second kappa shape index (κ2) is 11.9. The summed E-state index contributed by atoms with van der Waals surface area (Å²) in [7, 11) is 0. The molecule has 0 spiro atoms. The van der Waals surface area contributed by atoms with Gasteiger partial charge in [0.15, 0.2) is 10.7 Å². The first kappa shape index (κ1) is 27.4. The highest BCUT2D eigenvalue weighted by Gasteiger charge is 2.17. The summed E-state index contributed by atoms with van der Waals surface area (Å²) >= 11 is -1.05. The molecule has 5 aromatic rings. The Morgan fingerprint density at radius 3 is 2.25 bits per heavy atom. The Labute approximate surface area is 234 Å². The number of hydrogen-bond donors (Lipinski definition) is 1. The molecular formula is C31H30N4O4S. The molecule has 9 heteroatoms. The molecule has 8 nitrogen and oxygen atoms in total. The van der Waals surface area contributed by atoms with Gasteiger partial charge in [-0.25, -0.2) is 9.78 Å². The monoisotopic (exact) mass is 554 g/mol. The van der Waals surface area contributed by atoms with Crippen LogP contribution in [0.15, 0.2) is 91.8 Å². The van der Waals surface area contributed by atoms with Gasteiger partial charge in [0, 0.05) is 17.5 Å². The third-order valence-electron chi connectivity index (χ3n) is 6.89. The molecule has 40 heavy (non-hydrogen) atoms. The zero-order valence-corrected chi connectivity index (χ0v) is 23.5. The lowest BCUT2D eigenvalue weighted by Crippen LogP contribution is -2.30. The Hall–Kier alpha value is -4.21. The minimum Gasteiger partial charge on any atom is -0.612 e. The molecule has 204 valence electrons. The van der Waals surface area contributed by atoms with Crippen molar-refractivity contribution in [3.05, 3.63) is 122 Å². The maximum atomic E-state index is 13.8. The Bertz CT molecular complexity index is 1740. The van der Waals surface area contributed by atoms with Crippen molar-refractivity contribution >= 4 is 11.2 Å². The van der Waals surface area contributed by atoms with Crippen LogP contribution in [0, 0.1) is 6.92 Å². The number of aromatic nitrogens is 4. The highest BCUT2D eigenvalue weighted by molar-refractivity contribution is 7.90. The van der Waals surface area contributed by atoms with E-state index >= 15 is 0 Å². The summed E-state index contributed by atoms with van der Waals surface area (Å²) in [6, 6.07) is 23.2. The lowest BCUT2D eigenvalue weighted by Gasteiger charge is -2.16. The van der Waals surface area contributed by atoms with Crippen LogP contribution in [0.25, 0.3) is 22.5 Å². The van der Waals surface area contributed by atoms with E-state index < -0.39 is 16.9 Å². The largest absolute Gasteiger partial charge is 0.612 e. The first-order valence-corrected chi connectivity index (χ1v) is 14.7. The summed E-state index contributed by atoms with van der Waals surface area (Å²) < 4.78 is 18.2. The van der Waals surface area contributed by atoms with Gasteiger partial charge in [-0.1, -0.05) is 79.2 Å². The van der Waals surface area contributed by atoms with E-state index in [1.165, 1.54) is 0 Å². The quantitative estimate of drug-likeness (QED) is 0.259. The maximum Gasteiger partial charge on any atom is 0.439 e. The van der Waals surface area contributed by atoms with E-state index in [0.717, 1.165) is 51.2 Å². The Balaban J connectivity index is 1.45. The van der Waals surface area contributed by atoms with E-state index in [-0.39, 0.29) is 5.56 Å². The molecule has 1 atom stereocenters. The van der Waals surface area contributed by atoms with Gasteiger partial charge < -0.3 is 4.55 Å². The van der Waals surface area contributed by atoms with E-state index in [1.54, 1.807) is 10.8 Å². The van der Waals surface area contributed by atoms with Gasteiger partial charge in [-0.05, 0) is 58.9 Å². The number of aryl methyl sites for hydroxylation is 2. The van der Waals surface area contributed by atoms with E-state index in [1.807, 2.05) is 79.7 Å². The third kappa shape index (κ3) is 5.85. The van der Waals surface area contributed by atoms with Crippen LogP contribution in [0.4, 0.5) is 0 Å². The van der Waals surface area contributed by atoms with Gasteiger partial charge in [-0.3, -0.25) is 18.9 Å². The highest BCUT2D eigenvalue weighted by Crippen LogP contribution is 2.30. The fourth-order valence-corrected chi connectivity index (χ4v) is 5.35. The van der Waals surface area contributed by atoms with Crippen LogP contribution in [-0.2, 0) is 30.6 Å². The maximum absolute atomic E-state index is 13.8. The molecule has 3 aromatic carbocycles. The first-order chi connectivity index (χ1) is 19.3. The van der Waals surface area contributed by atoms with E-state index in [0.29, 0.717) is 30.2 Å². The molecule has 5 rings (SSSR count). The standard InChI is InChI=1S/C31H30N4O4S/c1-4-7-28-27(30(36)35(20(2)32-28)19-22-12-16-24(17-13-22)40(3)38)18-21-10-14-23(15-11-21)25-8-5-6-9-26(25)29-33-31(37)39-34-29/h5-6,8-17H,4,7,18-19H2,1-3H3,(H,33,34,37). The molecule has 0 bridgehead atoms. The molecule has 0 aliphatic heterocycles. The number of rotatable bonds is 9. The summed E-state index contributed by atoms with van der Waals surface area (Å²) in [5.74, 6) is 0.450. The average molecular weight is 555 g/mol. The van der Waals surface area contributed by atoms with Crippen LogP contribution < -0.4 is 11.3 Å². The molecule has 0 aliphatic rings. The number of H-pyrrole nitrogens is 1. The van der Waals surface area contributed by atoms with Crippen molar-refractivity contribution in [2.75, 3.05) is 6.26 Å². The molecule has 0 amide bonds. The number of nitrogens with one attached hydrogen (secondary N) is 1. The van der Waals surface area contributed by atoms with E-state index in [9.17, 15) is 14.1 Å². The Kier molecular flexibility index (Phi) is 8.14. The summed E-state index contributed by atoms with van der Waals surface area (Å²) in [6.07, 6.45) is 3.73. The predicted octanol–water partition coefficient (Wildman–Crippen LogP) is 4.89. The number of benzene rings is 3. The molecule has 0 saturated carbocycles. The fourth-order valence-electron chi connectivity index (χ4n) is 4.83. The van der Waals surface area contributed by atoms with Crippen molar-refractivity contribution in [2.45, 2.75) is 44.6 Å². The van der Waals surface area contributed by atoms with Crippen LogP contribution in [0.1, 0.15) is 41.6 Å². The summed E-state index contributed by atoms with van der Waals surface area (Å²) in [4.78, 5) is 33.5. The zero-order chi connectivity index (χ0) is 28.2. The summed E-state index contributed by atoms with van der Waals surface area (Å²) in [5, 5.41) is 3.84. The minimum atomic E-state index is -1.05. The minimum absolute atomic E-state index is 0.0384. The predicted molar refractivity (Wildman–Crippen MR) is 156 cm³/mol. The molecule has 0 aliphatic carbocycles. The van der Waals surface area contributed by atoms with Crippen molar-refractivity contribution in [1.82, 2.24) is 19.7 Å². The molecule has 1 N–H and O–H groups in total. The average Bonchev–Trinajstić information content (AvgIpc) is 3.40. The van der Waals surface area contributed by atoms with Gasteiger partial charge in [-0.2, -0.15) is 0 Å². The van der Waals surface area contributed by atoms with Crippen molar-refractivity contribution in [3.8, 4) is 22.5 Å². The summed E-state index contributed by atoms with van der Waals surface area (Å²) in [5.41, 5.74) is 6.06. The Morgan fingerprint density at radius 1 is 0.950 bits per heavy atom. The van der Waals surface area contributed by atoms with Crippen LogP contribution in [0.3, 0.4) is 0 Å². The smallest absolute Gasteiger partial charge is 0.439 e. The van der Waals surface area contributed by atoms with Crippen molar-refractivity contribution in [1.29, 1.82) is 0 Å². The van der Waals surface area contributed by atoms with Crippen LogP contribution in [0.2, 0.25) is 0 Å². The van der Waals surface area contributed by atoms with Crippen molar-refractivity contribution in [3.63, 3.8) is 0 Å². The molecule has 1 unspecified atom stereocenters. The molecule has 2 aromatic heterocycles. The molecule has 0 saturated heterocycles. The van der Waals surface area contributed by atoms with Crippen molar-refractivity contribution in [2.24, 2.45) is 0 Å². The number of hydrogen-bond acceptors (Lipinski definition) is 6. The van der Waals surface area contributed by atoms with Gasteiger partial charge in [0.1, 0.15) is 12.1 Å². The van der Waals surface area contributed by atoms with E-state index in [4.69, 9.17) is 9.51 Å². The SMILES string of the molecule is CCCc1nc(C)n(Cc2ccc([S+](C)[O-])cc2)c(=O)c1Cc1ccc(-c2ccccc2-c2noc(=O)[nH]2)cc1. The molecule has 0 radical (unpaired) electrons. The third-order valence-corrected chi connectivity index (χ3v) is 7.83. The van der Waals surface area contributed by atoms with Gasteiger partial charge in [-0.15, -0.1) is 0 Å². The topological polar surface area (TPSA) is 117 Å².